The molecule has 2 rings (SSSR count). The molecule has 0 aliphatic rings. The first-order valence-corrected chi connectivity index (χ1v) is 8.78. The van der Waals surface area contributed by atoms with E-state index < -0.39 is 0 Å². The predicted octanol–water partition coefficient (Wildman–Crippen LogP) is 4.35. The smallest absolute Gasteiger partial charge is 0.233 e. The molecule has 0 aliphatic carbocycles. The highest BCUT2D eigenvalue weighted by molar-refractivity contribution is 5.55. The second-order valence-corrected chi connectivity index (χ2v) is 5.86. The molecular formula is C18H28N6. The van der Waals surface area contributed by atoms with Crippen molar-refractivity contribution in [3.8, 4) is 0 Å². The number of aromatic nitrogens is 3. The molecule has 0 amide bonds. The fourth-order valence-corrected chi connectivity index (χ4v) is 2.11. The third kappa shape index (κ3) is 6.02. The molecule has 1 aromatic carbocycles. The Balaban J connectivity index is 2.12. The second-order valence-electron chi connectivity index (χ2n) is 5.86. The molecular weight excluding hydrogens is 300 g/mol. The van der Waals surface area contributed by atoms with E-state index in [1.165, 1.54) is 5.56 Å². The maximum Gasteiger partial charge on any atom is 0.233 e. The molecule has 24 heavy (non-hydrogen) atoms. The Hall–Kier alpha value is -2.37. The van der Waals surface area contributed by atoms with Gasteiger partial charge in [0, 0.05) is 18.8 Å². The monoisotopic (exact) mass is 328 g/mol. The Morgan fingerprint density at radius 2 is 1.25 bits per heavy atom. The van der Waals surface area contributed by atoms with Gasteiger partial charge in [0.2, 0.25) is 17.8 Å². The average molecular weight is 328 g/mol. The normalized spacial score (nSPS) is 10.5. The molecule has 0 saturated carbocycles. The van der Waals surface area contributed by atoms with Gasteiger partial charge in [-0.3, -0.25) is 0 Å². The summed E-state index contributed by atoms with van der Waals surface area (Å²) in [6, 6.07) is 8.16. The molecule has 0 saturated heterocycles. The third-order valence-electron chi connectivity index (χ3n) is 3.57. The Labute approximate surface area is 144 Å². The number of aryl methyl sites for hydroxylation is 1. The minimum absolute atomic E-state index is 0.548. The van der Waals surface area contributed by atoms with Gasteiger partial charge in [0.25, 0.3) is 0 Å². The molecule has 0 spiro atoms. The Bertz CT molecular complexity index is 583. The van der Waals surface area contributed by atoms with Crippen molar-refractivity contribution in [2.45, 2.75) is 46.5 Å². The van der Waals surface area contributed by atoms with Crippen molar-refractivity contribution in [2.24, 2.45) is 0 Å². The van der Waals surface area contributed by atoms with Gasteiger partial charge >= 0.3 is 0 Å². The molecule has 0 fully saturated rings. The zero-order chi connectivity index (χ0) is 17.2. The lowest BCUT2D eigenvalue weighted by molar-refractivity contribution is 0.816. The van der Waals surface area contributed by atoms with Crippen molar-refractivity contribution in [3.05, 3.63) is 29.8 Å². The molecule has 0 bridgehead atoms. The zero-order valence-electron chi connectivity index (χ0n) is 14.9. The van der Waals surface area contributed by atoms with Crippen molar-refractivity contribution in [1.29, 1.82) is 0 Å². The van der Waals surface area contributed by atoms with Gasteiger partial charge in [-0.2, -0.15) is 15.0 Å². The van der Waals surface area contributed by atoms with E-state index in [1.807, 2.05) is 12.1 Å². The van der Waals surface area contributed by atoms with Crippen molar-refractivity contribution in [3.63, 3.8) is 0 Å². The summed E-state index contributed by atoms with van der Waals surface area (Å²) in [5, 5.41) is 9.79. The summed E-state index contributed by atoms with van der Waals surface area (Å²) in [7, 11) is 0. The Kier molecular flexibility index (Phi) is 7.26. The van der Waals surface area contributed by atoms with Crippen molar-refractivity contribution in [2.75, 3.05) is 29.0 Å². The third-order valence-corrected chi connectivity index (χ3v) is 3.57. The van der Waals surface area contributed by atoms with Crippen molar-refractivity contribution < 1.29 is 0 Å². The van der Waals surface area contributed by atoms with Gasteiger partial charge in [-0.1, -0.05) is 44.4 Å². The highest BCUT2D eigenvalue weighted by Gasteiger charge is 2.06. The zero-order valence-corrected chi connectivity index (χ0v) is 14.9. The number of benzene rings is 1. The highest BCUT2D eigenvalue weighted by atomic mass is 15.3. The van der Waals surface area contributed by atoms with E-state index in [1.54, 1.807) is 0 Å². The minimum Gasteiger partial charge on any atom is -0.354 e. The number of anilines is 4. The maximum atomic E-state index is 4.47. The Morgan fingerprint density at radius 3 is 1.75 bits per heavy atom. The maximum absolute atomic E-state index is 4.47. The molecule has 1 aromatic heterocycles. The van der Waals surface area contributed by atoms with Crippen LogP contribution in [0.4, 0.5) is 23.5 Å². The molecule has 0 atom stereocenters. The van der Waals surface area contributed by atoms with Crippen LogP contribution in [-0.4, -0.2) is 28.0 Å². The number of rotatable bonds is 10. The number of hydrogen-bond donors (Lipinski definition) is 3. The molecule has 6 nitrogen and oxygen atoms in total. The van der Waals surface area contributed by atoms with Crippen LogP contribution in [0.5, 0.6) is 0 Å². The van der Waals surface area contributed by atoms with Crippen LogP contribution in [0.1, 0.15) is 45.1 Å². The fourth-order valence-electron chi connectivity index (χ4n) is 2.11. The fraction of sp³-hybridized carbons (Fsp3) is 0.500. The van der Waals surface area contributed by atoms with Gasteiger partial charge in [0.15, 0.2) is 0 Å². The van der Waals surface area contributed by atoms with E-state index in [0.717, 1.165) is 44.5 Å². The standard InChI is InChI=1S/C18H28N6/c1-4-6-12-19-16-22-17(20-13-7-5-2)24-18(23-16)21-15-10-8-14(3)9-11-15/h8-11H,4-7,12-13H2,1-3H3,(H3,19,20,21,22,23,24). The van der Waals surface area contributed by atoms with Crippen LogP contribution in [0.25, 0.3) is 0 Å². The van der Waals surface area contributed by atoms with Crippen LogP contribution in [0.2, 0.25) is 0 Å². The topological polar surface area (TPSA) is 74.8 Å². The second kappa shape index (κ2) is 9.70. The largest absolute Gasteiger partial charge is 0.354 e. The molecule has 130 valence electrons. The van der Waals surface area contributed by atoms with Crippen LogP contribution >= 0.6 is 0 Å². The SMILES string of the molecule is CCCCNc1nc(NCCCC)nc(Nc2ccc(C)cc2)n1. The van der Waals surface area contributed by atoms with E-state index in [9.17, 15) is 0 Å². The first-order chi connectivity index (χ1) is 11.7. The molecule has 0 radical (unpaired) electrons. The average Bonchev–Trinajstić information content (AvgIpc) is 2.57. The van der Waals surface area contributed by atoms with Gasteiger partial charge in [-0.25, -0.2) is 0 Å². The lowest BCUT2D eigenvalue weighted by Crippen LogP contribution is -2.12. The molecule has 6 heteroatoms. The number of nitrogens with zero attached hydrogens (tertiary/aromatic N) is 3. The first kappa shape index (κ1) is 18.0. The summed E-state index contributed by atoms with van der Waals surface area (Å²) in [5.41, 5.74) is 2.19. The number of nitrogens with one attached hydrogen (secondary N) is 3. The quantitative estimate of drug-likeness (QED) is 0.563. The summed E-state index contributed by atoms with van der Waals surface area (Å²) in [5.74, 6) is 1.76. The van der Waals surface area contributed by atoms with Crippen LogP contribution in [0.15, 0.2) is 24.3 Å². The predicted molar refractivity (Wildman–Crippen MR) is 101 cm³/mol. The van der Waals surface area contributed by atoms with Crippen LogP contribution in [-0.2, 0) is 0 Å². The van der Waals surface area contributed by atoms with Gasteiger partial charge in [-0.15, -0.1) is 0 Å². The first-order valence-electron chi connectivity index (χ1n) is 8.78. The van der Waals surface area contributed by atoms with Gasteiger partial charge < -0.3 is 16.0 Å². The minimum atomic E-state index is 0.548. The van der Waals surface area contributed by atoms with E-state index in [-0.39, 0.29) is 0 Å². The van der Waals surface area contributed by atoms with Crippen LogP contribution in [0.3, 0.4) is 0 Å². The van der Waals surface area contributed by atoms with Crippen molar-refractivity contribution in [1.82, 2.24) is 15.0 Å². The summed E-state index contributed by atoms with van der Waals surface area (Å²) in [6.07, 6.45) is 4.44. The summed E-state index contributed by atoms with van der Waals surface area (Å²) in [6.45, 7) is 8.12. The van der Waals surface area contributed by atoms with Crippen LogP contribution in [0, 0.1) is 6.92 Å². The van der Waals surface area contributed by atoms with Crippen molar-refractivity contribution >= 4 is 23.5 Å². The van der Waals surface area contributed by atoms with E-state index in [2.05, 4.69) is 63.8 Å². The van der Waals surface area contributed by atoms with Gasteiger partial charge in [0.1, 0.15) is 0 Å². The number of hydrogen-bond acceptors (Lipinski definition) is 6. The summed E-state index contributed by atoms with van der Waals surface area (Å²) >= 11 is 0. The molecule has 0 unspecified atom stereocenters. The summed E-state index contributed by atoms with van der Waals surface area (Å²) in [4.78, 5) is 13.4. The van der Waals surface area contributed by atoms with Gasteiger partial charge in [-0.05, 0) is 31.9 Å². The summed E-state index contributed by atoms with van der Waals surface area (Å²) < 4.78 is 0. The Morgan fingerprint density at radius 1 is 0.750 bits per heavy atom. The van der Waals surface area contributed by atoms with E-state index in [4.69, 9.17) is 0 Å². The number of unbranched alkanes of at least 4 members (excludes halogenated alkanes) is 2. The van der Waals surface area contributed by atoms with Crippen LogP contribution < -0.4 is 16.0 Å². The molecule has 1 heterocycles. The van der Waals surface area contributed by atoms with E-state index in [0.29, 0.717) is 17.8 Å². The lowest BCUT2D eigenvalue weighted by Gasteiger charge is -2.11. The molecule has 2 aromatic rings. The molecule has 3 N–H and O–H groups in total. The van der Waals surface area contributed by atoms with E-state index >= 15 is 0 Å². The lowest BCUT2D eigenvalue weighted by atomic mass is 10.2. The molecule has 0 aliphatic heterocycles. The highest BCUT2D eigenvalue weighted by Crippen LogP contribution is 2.16. The van der Waals surface area contributed by atoms with Gasteiger partial charge in [0.05, 0.1) is 0 Å².